The maximum Gasteiger partial charge on any atom is -0.0351 e. The molecule has 0 unspecified atom stereocenters. The first-order valence-corrected chi connectivity index (χ1v) is 7.65. The number of allylic oxidation sites excluding steroid dienone is 2. The summed E-state index contributed by atoms with van der Waals surface area (Å²) in [5.74, 6) is 0. The predicted octanol–water partition coefficient (Wildman–Crippen LogP) is 6.02. The number of rotatable bonds is 0. The summed E-state index contributed by atoms with van der Waals surface area (Å²) in [6, 6.07) is 0. The molecule has 0 spiro atoms. The third kappa shape index (κ3) is 9.00. The van der Waals surface area contributed by atoms with Crippen molar-refractivity contribution in [3.05, 3.63) is 12.2 Å². The SMILES string of the molecule is C1=C\CCCCCC/1.C1CCCCCCC1. The molecule has 0 heterocycles. The van der Waals surface area contributed by atoms with E-state index in [9.17, 15) is 0 Å². The molecule has 0 aromatic carbocycles. The molecule has 2 aliphatic carbocycles. The fourth-order valence-electron chi connectivity index (χ4n) is 2.53. The Labute approximate surface area is 103 Å². The largest absolute Gasteiger partial charge is 0.0885 e. The second kappa shape index (κ2) is 11.2. The lowest BCUT2D eigenvalue weighted by atomic mass is 10.0. The highest BCUT2D eigenvalue weighted by Gasteiger charge is 1.95. The van der Waals surface area contributed by atoms with Crippen LogP contribution in [0.1, 0.15) is 89.9 Å². The normalized spacial score (nSPS) is 25.0. The molecule has 2 rings (SSSR count). The molecule has 2 aliphatic rings. The standard InChI is InChI=1S/C8H16.C8H14/c2*1-2-4-6-8-7-5-3-1/h1-8H2;1-2H,3-8H2/b;2-1-. The van der Waals surface area contributed by atoms with Crippen LogP contribution in [0.15, 0.2) is 12.2 Å². The number of hydrogen-bond donors (Lipinski definition) is 0. The van der Waals surface area contributed by atoms with Crippen LogP contribution in [0.4, 0.5) is 0 Å². The molecule has 0 heteroatoms. The van der Waals surface area contributed by atoms with E-state index in [0.29, 0.717) is 0 Å². The Bertz CT molecular complexity index is 123. The van der Waals surface area contributed by atoms with E-state index < -0.39 is 0 Å². The highest BCUT2D eigenvalue weighted by atomic mass is 14.0. The van der Waals surface area contributed by atoms with Crippen LogP contribution >= 0.6 is 0 Å². The topological polar surface area (TPSA) is 0 Å². The van der Waals surface area contributed by atoms with Crippen molar-refractivity contribution in [3.63, 3.8) is 0 Å². The van der Waals surface area contributed by atoms with Crippen LogP contribution in [0.2, 0.25) is 0 Å². The van der Waals surface area contributed by atoms with Crippen molar-refractivity contribution in [2.24, 2.45) is 0 Å². The Morgan fingerprint density at radius 2 is 0.562 bits per heavy atom. The van der Waals surface area contributed by atoms with Crippen LogP contribution in [0.25, 0.3) is 0 Å². The van der Waals surface area contributed by atoms with Gasteiger partial charge in [-0.05, 0) is 25.7 Å². The summed E-state index contributed by atoms with van der Waals surface area (Å²) < 4.78 is 0. The molecule has 0 aliphatic heterocycles. The van der Waals surface area contributed by atoms with Gasteiger partial charge in [0.25, 0.3) is 0 Å². The summed E-state index contributed by atoms with van der Waals surface area (Å²) in [6.07, 6.45) is 25.0. The van der Waals surface area contributed by atoms with E-state index in [4.69, 9.17) is 0 Å². The Balaban J connectivity index is 0.000000160. The lowest BCUT2D eigenvalue weighted by Crippen LogP contribution is -1.85. The molecular formula is C16H30. The van der Waals surface area contributed by atoms with Crippen LogP contribution in [-0.2, 0) is 0 Å². The first kappa shape index (κ1) is 13.8. The minimum atomic E-state index is 1.32. The summed E-state index contributed by atoms with van der Waals surface area (Å²) in [6.45, 7) is 0. The Morgan fingerprint density at radius 1 is 0.312 bits per heavy atom. The van der Waals surface area contributed by atoms with Crippen LogP contribution in [0, 0.1) is 0 Å². The second-order valence-electron chi connectivity index (χ2n) is 5.29. The van der Waals surface area contributed by atoms with Crippen molar-refractivity contribution in [2.75, 3.05) is 0 Å². The van der Waals surface area contributed by atoms with Gasteiger partial charge in [0, 0.05) is 0 Å². The van der Waals surface area contributed by atoms with Crippen molar-refractivity contribution in [2.45, 2.75) is 89.9 Å². The van der Waals surface area contributed by atoms with Gasteiger partial charge in [-0.2, -0.15) is 0 Å². The van der Waals surface area contributed by atoms with Gasteiger partial charge in [-0.25, -0.2) is 0 Å². The Kier molecular flexibility index (Phi) is 9.69. The molecule has 0 N–H and O–H groups in total. The maximum absolute atomic E-state index is 2.32. The van der Waals surface area contributed by atoms with E-state index in [0.717, 1.165) is 0 Å². The van der Waals surface area contributed by atoms with E-state index in [1.807, 2.05) is 0 Å². The molecule has 0 atom stereocenters. The first-order valence-electron chi connectivity index (χ1n) is 7.65. The van der Waals surface area contributed by atoms with Gasteiger partial charge < -0.3 is 0 Å². The summed E-state index contributed by atoms with van der Waals surface area (Å²) in [7, 11) is 0. The van der Waals surface area contributed by atoms with Crippen LogP contribution in [0.5, 0.6) is 0 Å². The fraction of sp³-hybridized carbons (Fsp3) is 0.875. The van der Waals surface area contributed by atoms with E-state index in [1.165, 1.54) is 89.9 Å². The first-order chi connectivity index (χ1) is 8.00. The zero-order valence-electron chi connectivity index (χ0n) is 11.1. The van der Waals surface area contributed by atoms with Crippen molar-refractivity contribution >= 4 is 0 Å². The van der Waals surface area contributed by atoms with E-state index in [2.05, 4.69) is 12.2 Å². The molecule has 0 saturated heterocycles. The highest BCUT2D eigenvalue weighted by molar-refractivity contribution is 4.82. The quantitative estimate of drug-likeness (QED) is 0.440. The summed E-state index contributed by atoms with van der Waals surface area (Å²) >= 11 is 0. The van der Waals surface area contributed by atoms with E-state index in [-0.39, 0.29) is 0 Å². The zero-order valence-corrected chi connectivity index (χ0v) is 11.1. The van der Waals surface area contributed by atoms with Crippen molar-refractivity contribution < 1.29 is 0 Å². The molecule has 1 saturated carbocycles. The van der Waals surface area contributed by atoms with Gasteiger partial charge in [-0.3, -0.25) is 0 Å². The average Bonchev–Trinajstić information content (AvgIpc) is 2.15. The maximum atomic E-state index is 2.32. The minimum absolute atomic E-state index is 1.32. The lowest BCUT2D eigenvalue weighted by molar-refractivity contribution is 0.504. The monoisotopic (exact) mass is 222 g/mol. The van der Waals surface area contributed by atoms with Crippen LogP contribution in [0.3, 0.4) is 0 Å². The van der Waals surface area contributed by atoms with Crippen molar-refractivity contribution in [3.8, 4) is 0 Å². The van der Waals surface area contributed by atoms with Gasteiger partial charge in [0.15, 0.2) is 0 Å². The third-order valence-corrected chi connectivity index (χ3v) is 3.66. The predicted molar refractivity (Wildman–Crippen MR) is 73.8 cm³/mol. The average molecular weight is 222 g/mol. The molecule has 0 nitrogen and oxygen atoms in total. The molecule has 0 radical (unpaired) electrons. The Hall–Kier alpha value is -0.260. The van der Waals surface area contributed by atoms with E-state index >= 15 is 0 Å². The summed E-state index contributed by atoms with van der Waals surface area (Å²) in [5.41, 5.74) is 0. The number of hydrogen-bond acceptors (Lipinski definition) is 0. The smallest absolute Gasteiger partial charge is 0.0351 e. The van der Waals surface area contributed by atoms with Gasteiger partial charge in [0.2, 0.25) is 0 Å². The molecule has 0 amide bonds. The van der Waals surface area contributed by atoms with Crippen LogP contribution < -0.4 is 0 Å². The zero-order chi connectivity index (χ0) is 11.3. The van der Waals surface area contributed by atoms with E-state index in [1.54, 1.807) is 0 Å². The third-order valence-electron chi connectivity index (χ3n) is 3.66. The molecular weight excluding hydrogens is 192 g/mol. The van der Waals surface area contributed by atoms with Crippen molar-refractivity contribution in [1.82, 2.24) is 0 Å². The molecule has 16 heavy (non-hydrogen) atoms. The molecule has 0 aromatic heterocycles. The van der Waals surface area contributed by atoms with Crippen molar-refractivity contribution in [1.29, 1.82) is 0 Å². The van der Waals surface area contributed by atoms with Gasteiger partial charge in [-0.1, -0.05) is 76.4 Å². The Morgan fingerprint density at radius 3 is 0.875 bits per heavy atom. The molecule has 0 aromatic rings. The summed E-state index contributed by atoms with van der Waals surface area (Å²) in [4.78, 5) is 0. The second-order valence-corrected chi connectivity index (χ2v) is 5.29. The minimum Gasteiger partial charge on any atom is -0.0885 e. The molecule has 94 valence electrons. The van der Waals surface area contributed by atoms with Gasteiger partial charge in [0.05, 0.1) is 0 Å². The summed E-state index contributed by atoms with van der Waals surface area (Å²) in [5, 5.41) is 0. The molecule has 1 fully saturated rings. The lowest BCUT2D eigenvalue weighted by Gasteiger charge is -2.05. The van der Waals surface area contributed by atoms with Crippen LogP contribution in [-0.4, -0.2) is 0 Å². The fourth-order valence-corrected chi connectivity index (χ4v) is 2.53. The highest BCUT2D eigenvalue weighted by Crippen LogP contribution is 2.15. The van der Waals surface area contributed by atoms with Gasteiger partial charge in [-0.15, -0.1) is 0 Å². The van der Waals surface area contributed by atoms with Gasteiger partial charge in [0.1, 0.15) is 0 Å². The van der Waals surface area contributed by atoms with Gasteiger partial charge >= 0.3 is 0 Å². The molecule has 0 bridgehead atoms.